The zero-order valence-electron chi connectivity index (χ0n) is 12.5. The summed E-state index contributed by atoms with van der Waals surface area (Å²) in [4.78, 5) is 25.4. The first kappa shape index (κ1) is 15.3. The summed E-state index contributed by atoms with van der Waals surface area (Å²) in [5, 5.41) is 8.75. The maximum absolute atomic E-state index is 13.3. The fourth-order valence-electron chi connectivity index (χ4n) is 2.81. The van der Waals surface area contributed by atoms with Gasteiger partial charge in [-0.3, -0.25) is 9.36 Å². The van der Waals surface area contributed by atoms with E-state index in [1.807, 2.05) is 6.07 Å². The largest absolute Gasteiger partial charge is 0.369 e. The van der Waals surface area contributed by atoms with Gasteiger partial charge in [0, 0.05) is 24.8 Å². The van der Waals surface area contributed by atoms with Gasteiger partial charge in [-0.25, -0.2) is 14.3 Å². The Labute approximate surface area is 132 Å². The third-order valence-corrected chi connectivity index (χ3v) is 3.89. The van der Waals surface area contributed by atoms with E-state index in [2.05, 4.69) is 20.4 Å². The number of carbonyl (C=O) groups is 1. The number of piperidine rings is 1. The van der Waals surface area contributed by atoms with Crippen LogP contribution in [0.2, 0.25) is 0 Å². The van der Waals surface area contributed by atoms with Crippen molar-refractivity contribution in [2.24, 2.45) is 0 Å². The number of benzene rings is 1. The zero-order valence-corrected chi connectivity index (χ0v) is 12.5. The van der Waals surface area contributed by atoms with E-state index in [1.54, 1.807) is 6.07 Å². The van der Waals surface area contributed by atoms with E-state index in [4.69, 9.17) is 0 Å². The fraction of sp³-hybridized carbons (Fsp3) is 0.400. The van der Waals surface area contributed by atoms with Crippen molar-refractivity contribution in [1.82, 2.24) is 20.1 Å². The van der Waals surface area contributed by atoms with Crippen molar-refractivity contribution in [3.63, 3.8) is 0 Å². The van der Waals surface area contributed by atoms with E-state index in [0.29, 0.717) is 6.54 Å². The van der Waals surface area contributed by atoms with Gasteiger partial charge < -0.3 is 10.2 Å². The predicted octanol–water partition coefficient (Wildman–Crippen LogP) is 0.496. The molecular formula is C15H18FN5O2. The molecular weight excluding hydrogens is 301 g/mol. The Bertz CT molecular complexity index is 741. The molecule has 122 valence electrons. The van der Waals surface area contributed by atoms with Crippen LogP contribution in [0.4, 0.5) is 10.1 Å². The molecule has 1 atom stereocenters. The first-order valence-corrected chi connectivity index (χ1v) is 7.51. The van der Waals surface area contributed by atoms with E-state index in [9.17, 15) is 14.0 Å². The number of amides is 1. The lowest BCUT2D eigenvalue weighted by Gasteiger charge is -2.34. The lowest BCUT2D eigenvalue weighted by molar-refractivity contribution is -0.122. The van der Waals surface area contributed by atoms with Crippen LogP contribution in [0.1, 0.15) is 12.8 Å². The van der Waals surface area contributed by atoms with Crippen LogP contribution in [0.5, 0.6) is 0 Å². The molecule has 2 aromatic rings. The van der Waals surface area contributed by atoms with E-state index < -0.39 is 5.69 Å². The molecule has 1 fully saturated rings. The molecule has 1 unspecified atom stereocenters. The Morgan fingerprint density at radius 3 is 3.09 bits per heavy atom. The van der Waals surface area contributed by atoms with Gasteiger partial charge >= 0.3 is 5.69 Å². The van der Waals surface area contributed by atoms with Crippen molar-refractivity contribution in [2.75, 3.05) is 18.0 Å². The van der Waals surface area contributed by atoms with E-state index in [1.165, 1.54) is 23.0 Å². The summed E-state index contributed by atoms with van der Waals surface area (Å²) in [5.74, 6) is -0.507. The summed E-state index contributed by atoms with van der Waals surface area (Å²) >= 11 is 0. The quantitative estimate of drug-likeness (QED) is 0.859. The molecule has 1 aliphatic heterocycles. The minimum Gasteiger partial charge on any atom is -0.369 e. The molecule has 0 saturated carbocycles. The number of halogens is 1. The van der Waals surface area contributed by atoms with Crippen LogP contribution in [-0.4, -0.2) is 39.8 Å². The van der Waals surface area contributed by atoms with Crippen molar-refractivity contribution in [2.45, 2.75) is 25.4 Å². The molecule has 0 spiro atoms. The average Bonchev–Trinajstić information content (AvgIpc) is 2.92. The molecule has 1 amide bonds. The number of carbonyl (C=O) groups excluding carboxylic acids is 1. The second-order valence-electron chi connectivity index (χ2n) is 5.62. The highest BCUT2D eigenvalue weighted by molar-refractivity contribution is 5.76. The number of hydrogen-bond acceptors (Lipinski definition) is 4. The lowest BCUT2D eigenvalue weighted by atomic mass is 10.0. The van der Waals surface area contributed by atoms with Crippen molar-refractivity contribution in [3.8, 4) is 0 Å². The number of aromatic nitrogens is 3. The minimum atomic E-state index is -0.412. The van der Waals surface area contributed by atoms with Gasteiger partial charge in [-0.2, -0.15) is 5.10 Å². The maximum Gasteiger partial charge on any atom is 0.343 e. The predicted molar refractivity (Wildman–Crippen MR) is 82.6 cm³/mol. The number of nitrogens with one attached hydrogen (secondary N) is 2. The summed E-state index contributed by atoms with van der Waals surface area (Å²) in [5.41, 5.74) is 0.403. The summed E-state index contributed by atoms with van der Waals surface area (Å²) in [6.45, 7) is 1.39. The summed E-state index contributed by atoms with van der Waals surface area (Å²) in [6, 6.07) is 6.42. The van der Waals surface area contributed by atoms with Crippen LogP contribution in [0, 0.1) is 5.82 Å². The molecule has 0 aliphatic carbocycles. The maximum atomic E-state index is 13.3. The number of rotatable bonds is 4. The van der Waals surface area contributed by atoms with Crippen LogP contribution >= 0.6 is 0 Å². The molecule has 2 heterocycles. The van der Waals surface area contributed by atoms with Gasteiger partial charge in [0.25, 0.3) is 0 Å². The Kier molecular flexibility index (Phi) is 4.40. The Hall–Kier alpha value is -2.64. The van der Waals surface area contributed by atoms with Crippen LogP contribution in [0.3, 0.4) is 0 Å². The highest BCUT2D eigenvalue weighted by Crippen LogP contribution is 2.20. The second kappa shape index (κ2) is 6.64. The molecule has 7 nitrogen and oxygen atoms in total. The first-order valence-electron chi connectivity index (χ1n) is 7.51. The minimum absolute atomic E-state index is 0.0258. The average molecular weight is 319 g/mol. The van der Waals surface area contributed by atoms with Gasteiger partial charge in [-0.05, 0) is 31.0 Å². The molecule has 1 aromatic heterocycles. The highest BCUT2D eigenvalue weighted by atomic mass is 19.1. The Balaban J connectivity index is 1.59. The van der Waals surface area contributed by atoms with Crippen LogP contribution in [-0.2, 0) is 11.3 Å². The van der Waals surface area contributed by atoms with Gasteiger partial charge in [0.15, 0.2) is 0 Å². The monoisotopic (exact) mass is 319 g/mol. The third-order valence-electron chi connectivity index (χ3n) is 3.89. The normalized spacial score (nSPS) is 18.0. The molecule has 2 N–H and O–H groups in total. The number of hydrogen-bond donors (Lipinski definition) is 2. The van der Waals surface area contributed by atoms with E-state index in [0.717, 1.165) is 25.1 Å². The molecule has 0 radical (unpaired) electrons. The second-order valence-corrected chi connectivity index (χ2v) is 5.62. The molecule has 0 bridgehead atoms. The van der Waals surface area contributed by atoms with Gasteiger partial charge in [-0.1, -0.05) is 6.07 Å². The fourth-order valence-corrected chi connectivity index (χ4v) is 2.81. The lowest BCUT2D eigenvalue weighted by Crippen LogP contribution is -2.48. The standard InChI is InChI=1S/C15H18FN5O2/c16-11-3-1-5-13(7-11)20-6-2-4-12(8-20)18-14(22)9-21-10-17-19-15(21)23/h1,3,5,7,10,12H,2,4,6,8-9H2,(H,18,22)(H,19,23). The Morgan fingerprint density at radius 1 is 1.48 bits per heavy atom. The van der Waals surface area contributed by atoms with Gasteiger partial charge in [-0.15, -0.1) is 0 Å². The van der Waals surface area contributed by atoms with Crippen LogP contribution < -0.4 is 15.9 Å². The van der Waals surface area contributed by atoms with E-state index >= 15 is 0 Å². The molecule has 1 aliphatic rings. The van der Waals surface area contributed by atoms with Crippen molar-refractivity contribution >= 4 is 11.6 Å². The van der Waals surface area contributed by atoms with Gasteiger partial charge in [0.05, 0.1) is 0 Å². The van der Waals surface area contributed by atoms with Crippen molar-refractivity contribution in [3.05, 3.63) is 46.9 Å². The first-order chi connectivity index (χ1) is 11.1. The molecule has 1 aromatic carbocycles. The summed E-state index contributed by atoms with van der Waals surface area (Å²) < 4.78 is 14.6. The van der Waals surface area contributed by atoms with Crippen LogP contribution in [0.25, 0.3) is 0 Å². The topological polar surface area (TPSA) is 83.0 Å². The smallest absolute Gasteiger partial charge is 0.343 e. The molecule has 1 saturated heterocycles. The van der Waals surface area contributed by atoms with Crippen LogP contribution in [0.15, 0.2) is 35.4 Å². The zero-order chi connectivity index (χ0) is 16.2. The number of nitrogens with zero attached hydrogens (tertiary/aromatic N) is 3. The Morgan fingerprint density at radius 2 is 2.35 bits per heavy atom. The molecule has 8 heteroatoms. The number of aromatic amines is 1. The number of H-pyrrole nitrogens is 1. The SMILES string of the molecule is O=C(Cn1cn[nH]c1=O)NC1CCCN(c2cccc(F)c2)C1. The van der Waals surface area contributed by atoms with Crippen molar-refractivity contribution in [1.29, 1.82) is 0 Å². The molecule has 3 rings (SSSR count). The van der Waals surface area contributed by atoms with Crippen molar-refractivity contribution < 1.29 is 9.18 Å². The van der Waals surface area contributed by atoms with E-state index in [-0.39, 0.29) is 24.3 Å². The third kappa shape index (κ3) is 3.77. The summed E-state index contributed by atoms with van der Waals surface area (Å²) in [6.07, 6.45) is 3.06. The molecule has 23 heavy (non-hydrogen) atoms. The highest BCUT2D eigenvalue weighted by Gasteiger charge is 2.22. The number of anilines is 1. The summed E-state index contributed by atoms with van der Waals surface area (Å²) in [7, 11) is 0. The van der Waals surface area contributed by atoms with Gasteiger partial charge in [0.1, 0.15) is 18.7 Å². The van der Waals surface area contributed by atoms with Gasteiger partial charge in [0.2, 0.25) is 5.91 Å².